The maximum atomic E-state index is 12.6. The molecule has 58 valence electrons. The van der Waals surface area contributed by atoms with Crippen molar-refractivity contribution in [3.05, 3.63) is 36.4 Å². The van der Waals surface area contributed by atoms with Crippen LogP contribution < -0.4 is 0 Å². The van der Waals surface area contributed by atoms with E-state index in [1.54, 1.807) is 10.8 Å². The second kappa shape index (κ2) is 3.19. The predicted octanol–water partition coefficient (Wildman–Crippen LogP) is 2.76. The molecular formula is C9H10FN. The molecule has 0 saturated carbocycles. The second-order valence-corrected chi connectivity index (χ2v) is 2.17. The average Bonchev–Trinajstić information content (AvgIpc) is 2.32. The van der Waals surface area contributed by atoms with Gasteiger partial charge in [0.15, 0.2) is 0 Å². The fourth-order valence-corrected chi connectivity index (χ4v) is 0.924. The molecule has 1 aromatic heterocycles. The van der Waals surface area contributed by atoms with Crippen molar-refractivity contribution >= 4 is 12.3 Å². The van der Waals surface area contributed by atoms with Crippen LogP contribution >= 0.6 is 0 Å². The summed E-state index contributed by atoms with van der Waals surface area (Å²) in [7, 11) is 0. The van der Waals surface area contributed by atoms with Gasteiger partial charge in [-0.2, -0.15) is 0 Å². The van der Waals surface area contributed by atoms with Crippen molar-refractivity contribution in [2.24, 2.45) is 0 Å². The monoisotopic (exact) mass is 151 g/mol. The summed E-state index contributed by atoms with van der Waals surface area (Å²) in [6.45, 7) is 5.44. The van der Waals surface area contributed by atoms with Crippen LogP contribution in [0.3, 0.4) is 0 Å². The molecule has 0 spiro atoms. The number of rotatable bonds is 2. The molecule has 0 aliphatic rings. The van der Waals surface area contributed by atoms with Gasteiger partial charge in [-0.15, -0.1) is 0 Å². The fraction of sp³-hybridized carbons (Fsp3) is 0.111. The lowest BCUT2D eigenvalue weighted by atomic mass is 10.4. The van der Waals surface area contributed by atoms with E-state index in [2.05, 4.69) is 6.58 Å². The first-order valence-corrected chi connectivity index (χ1v) is 3.40. The molecule has 0 unspecified atom stereocenters. The lowest BCUT2D eigenvalue weighted by Crippen LogP contribution is -1.83. The summed E-state index contributed by atoms with van der Waals surface area (Å²) in [4.78, 5) is 0. The molecule has 2 heteroatoms. The van der Waals surface area contributed by atoms with Crippen LogP contribution in [0.4, 0.5) is 4.39 Å². The van der Waals surface area contributed by atoms with Crippen molar-refractivity contribution < 1.29 is 4.39 Å². The maximum Gasteiger partial charge on any atom is 0.141 e. The third kappa shape index (κ3) is 1.58. The van der Waals surface area contributed by atoms with Crippen molar-refractivity contribution in [1.82, 2.24) is 4.57 Å². The Labute approximate surface area is 65.5 Å². The summed E-state index contributed by atoms with van der Waals surface area (Å²) in [5, 5.41) is 0. The number of halogens is 1. The highest BCUT2D eigenvalue weighted by Crippen LogP contribution is 2.08. The number of nitrogens with zero attached hydrogens (tertiary/aromatic N) is 1. The fourth-order valence-electron chi connectivity index (χ4n) is 0.924. The summed E-state index contributed by atoms with van der Waals surface area (Å²) in [6, 6.07) is 1.46. The number of aromatic nitrogens is 1. The van der Waals surface area contributed by atoms with Crippen LogP contribution in [0.2, 0.25) is 0 Å². The molecule has 0 fully saturated rings. The summed E-state index contributed by atoms with van der Waals surface area (Å²) < 4.78 is 14.2. The molecule has 0 aromatic carbocycles. The quantitative estimate of drug-likeness (QED) is 0.612. The van der Waals surface area contributed by atoms with E-state index in [0.717, 1.165) is 5.69 Å². The van der Waals surface area contributed by atoms with E-state index in [1.807, 2.05) is 19.1 Å². The van der Waals surface area contributed by atoms with E-state index in [9.17, 15) is 4.39 Å². The van der Waals surface area contributed by atoms with Crippen LogP contribution in [0, 0.1) is 5.82 Å². The van der Waals surface area contributed by atoms with Gasteiger partial charge in [0.25, 0.3) is 0 Å². The van der Waals surface area contributed by atoms with Crippen LogP contribution in [0.5, 0.6) is 0 Å². The van der Waals surface area contributed by atoms with Crippen LogP contribution in [-0.4, -0.2) is 4.57 Å². The Bertz CT molecular complexity index is 284. The topological polar surface area (TPSA) is 4.93 Å². The summed E-state index contributed by atoms with van der Waals surface area (Å²) in [5.74, 6) is -0.238. The minimum Gasteiger partial charge on any atom is -0.321 e. The van der Waals surface area contributed by atoms with Crippen LogP contribution in [0.25, 0.3) is 12.3 Å². The van der Waals surface area contributed by atoms with Gasteiger partial charge in [0.1, 0.15) is 5.82 Å². The standard InChI is InChI=1S/C9H10FN/c1-3-5-9-6-8(10)7-11(9)4-2/h3-7H,2H2,1H3. The van der Waals surface area contributed by atoms with E-state index in [4.69, 9.17) is 0 Å². The molecule has 0 amide bonds. The first-order valence-electron chi connectivity index (χ1n) is 3.40. The summed E-state index contributed by atoms with van der Waals surface area (Å²) in [6.07, 6.45) is 6.64. The molecule has 0 aliphatic carbocycles. The van der Waals surface area contributed by atoms with Gasteiger partial charge >= 0.3 is 0 Å². The maximum absolute atomic E-state index is 12.6. The van der Waals surface area contributed by atoms with Gasteiger partial charge in [0, 0.05) is 18.1 Å². The van der Waals surface area contributed by atoms with Crippen molar-refractivity contribution in [2.45, 2.75) is 6.92 Å². The van der Waals surface area contributed by atoms with E-state index >= 15 is 0 Å². The third-order valence-electron chi connectivity index (χ3n) is 1.38. The van der Waals surface area contributed by atoms with E-state index in [-0.39, 0.29) is 5.82 Å². The second-order valence-electron chi connectivity index (χ2n) is 2.17. The Morgan fingerprint density at radius 2 is 2.36 bits per heavy atom. The molecule has 0 saturated heterocycles. The molecule has 0 N–H and O–H groups in total. The first kappa shape index (κ1) is 7.79. The largest absolute Gasteiger partial charge is 0.321 e. The highest BCUT2D eigenvalue weighted by molar-refractivity contribution is 5.49. The van der Waals surface area contributed by atoms with Crippen molar-refractivity contribution in [1.29, 1.82) is 0 Å². The van der Waals surface area contributed by atoms with Crippen LogP contribution in [-0.2, 0) is 0 Å². The van der Waals surface area contributed by atoms with Gasteiger partial charge in [0.05, 0.1) is 0 Å². The summed E-state index contributed by atoms with van der Waals surface area (Å²) in [5.41, 5.74) is 0.806. The molecule has 1 aromatic rings. The van der Waals surface area contributed by atoms with Gasteiger partial charge < -0.3 is 4.57 Å². The molecule has 0 atom stereocenters. The molecule has 1 nitrogen and oxygen atoms in total. The smallest absolute Gasteiger partial charge is 0.141 e. The zero-order chi connectivity index (χ0) is 8.27. The van der Waals surface area contributed by atoms with Gasteiger partial charge in [-0.25, -0.2) is 4.39 Å². The molecule has 1 rings (SSSR count). The predicted molar refractivity (Wildman–Crippen MR) is 45.5 cm³/mol. The highest BCUT2D eigenvalue weighted by atomic mass is 19.1. The number of hydrogen-bond donors (Lipinski definition) is 0. The lowest BCUT2D eigenvalue weighted by Gasteiger charge is -1.94. The van der Waals surface area contributed by atoms with Crippen LogP contribution in [0.15, 0.2) is 24.9 Å². The first-order chi connectivity index (χ1) is 5.27. The summed E-state index contributed by atoms with van der Waals surface area (Å²) >= 11 is 0. The molecule has 0 aliphatic heterocycles. The molecule has 1 heterocycles. The molecular weight excluding hydrogens is 141 g/mol. The zero-order valence-corrected chi connectivity index (χ0v) is 6.42. The Morgan fingerprint density at radius 3 is 2.91 bits per heavy atom. The SMILES string of the molecule is C=Cn1cc(F)cc1C=CC. The van der Waals surface area contributed by atoms with E-state index in [0.29, 0.717) is 0 Å². The zero-order valence-electron chi connectivity index (χ0n) is 6.42. The normalized spacial score (nSPS) is 10.7. The minimum atomic E-state index is -0.238. The van der Waals surface area contributed by atoms with Gasteiger partial charge in [0.2, 0.25) is 0 Å². The Kier molecular flexibility index (Phi) is 2.26. The number of allylic oxidation sites excluding steroid dienone is 1. The lowest BCUT2D eigenvalue weighted by molar-refractivity contribution is 0.628. The van der Waals surface area contributed by atoms with Crippen molar-refractivity contribution in [3.63, 3.8) is 0 Å². The number of hydrogen-bond acceptors (Lipinski definition) is 0. The van der Waals surface area contributed by atoms with Crippen molar-refractivity contribution in [2.75, 3.05) is 0 Å². The van der Waals surface area contributed by atoms with Crippen LogP contribution in [0.1, 0.15) is 12.6 Å². The highest BCUT2D eigenvalue weighted by Gasteiger charge is 1.97. The Morgan fingerprint density at radius 1 is 1.64 bits per heavy atom. The Balaban J connectivity index is 3.11. The van der Waals surface area contributed by atoms with Gasteiger partial charge in [-0.3, -0.25) is 0 Å². The minimum absolute atomic E-state index is 0.238. The molecule has 0 bridgehead atoms. The third-order valence-corrected chi connectivity index (χ3v) is 1.38. The van der Waals surface area contributed by atoms with E-state index < -0.39 is 0 Å². The molecule has 0 radical (unpaired) electrons. The van der Waals surface area contributed by atoms with Crippen molar-refractivity contribution in [3.8, 4) is 0 Å². The van der Waals surface area contributed by atoms with E-state index in [1.165, 1.54) is 12.3 Å². The Hall–Kier alpha value is -1.31. The van der Waals surface area contributed by atoms with Gasteiger partial charge in [-0.1, -0.05) is 12.7 Å². The average molecular weight is 151 g/mol. The molecule has 11 heavy (non-hydrogen) atoms. The van der Waals surface area contributed by atoms with Gasteiger partial charge in [-0.05, 0) is 19.1 Å².